The summed E-state index contributed by atoms with van der Waals surface area (Å²) in [4.78, 5) is 23.5. The summed E-state index contributed by atoms with van der Waals surface area (Å²) in [6.45, 7) is 3.46. The van der Waals surface area contributed by atoms with Crippen molar-refractivity contribution in [2.24, 2.45) is 0 Å². The summed E-state index contributed by atoms with van der Waals surface area (Å²) in [6.07, 6.45) is 3.63. The lowest BCUT2D eigenvalue weighted by atomic mass is 10.2. The number of carbonyl (C=O) groups excluding carboxylic acids is 1. The molecular weight excluding hydrogens is 294 g/mol. The molecule has 1 aromatic heterocycles. The van der Waals surface area contributed by atoms with Crippen molar-refractivity contribution >= 4 is 5.91 Å². The Morgan fingerprint density at radius 3 is 2.74 bits per heavy atom. The second-order valence-electron chi connectivity index (χ2n) is 5.07. The Labute approximate surface area is 135 Å². The van der Waals surface area contributed by atoms with Gasteiger partial charge in [0.15, 0.2) is 0 Å². The molecule has 0 saturated heterocycles. The van der Waals surface area contributed by atoms with Crippen LogP contribution in [0.2, 0.25) is 0 Å². The molecule has 6 heteroatoms. The number of rotatable bonds is 8. The Kier molecular flexibility index (Phi) is 6.35. The van der Waals surface area contributed by atoms with Gasteiger partial charge in [0.05, 0.1) is 13.2 Å². The number of hydrogen-bond acceptors (Lipinski definition) is 4. The van der Waals surface area contributed by atoms with Crippen LogP contribution in [0.4, 0.5) is 0 Å². The van der Waals surface area contributed by atoms with E-state index >= 15 is 0 Å². The van der Waals surface area contributed by atoms with E-state index in [0.717, 1.165) is 18.6 Å². The van der Waals surface area contributed by atoms with Gasteiger partial charge in [0.2, 0.25) is 0 Å². The number of nitrogens with zero attached hydrogens (tertiary/aromatic N) is 2. The Morgan fingerprint density at radius 1 is 1.26 bits per heavy atom. The maximum absolute atomic E-state index is 12.0. The van der Waals surface area contributed by atoms with Gasteiger partial charge in [-0.25, -0.2) is 4.68 Å². The standard InChI is InChI=1S/C17H21N3O3/c1-2-3-13-23-15-8-6-14(7-9-15)17(22)18-11-12-20-16(21)5-4-10-19-20/h4-10H,2-3,11-13H2,1H3,(H,18,22). The monoisotopic (exact) mass is 315 g/mol. The molecule has 0 aliphatic carbocycles. The SMILES string of the molecule is CCCCOc1ccc(C(=O)NCCn2ncccc2=O)cc1. The topological polar surface area (TPSA) is 73.2 Å². The van der Waals surface area contributed by atoms with Gasteiger partial charge in [-0.05, 0) is 36.8 Å². The molecule has 1 heterocycles. The zero-order valence-electron chi connectivity index (χ0n) is 13.2. The average Bonchev–Trinajstić information content (AvgIpc) is 2.57. The van der Waals surface area contributed by atoms with Crippen molar-refractivity contribution in [2.75, 3.05) is 13.2 Å². The summed E-state index contributed by atoms with van der Waals surface area (Å²) in [5, 5.41) is 6.70. The molecule has 0 aliphatic rings. The van der Waals surface area contributed by atoms with Gasteiger partial charge in [-0.1, -0.05) is 13.3 Å². The van der Waals surface area contributed by atoms with Crippen molar-refractivity contribution in [3.05, 3.63) is 58.5 Å². The number of aromatic nitrogens is 2. The smallest absolute Gasteiger partial charge is 0.266 e. The molecule has 0 saturated carbocycles. The minimum Gasteiger partial charge on any atom is -0.494 e. The molecule has 0 fully saturated rings. The van der Waals surface area contributed by atoms with Crippen LogP contribution in [-0.4, -0.2) is 28.8 Å². The summed E-state index contributed by atoms with van der Waals surface area (Å²) in [5.74, 6) is 0.573. The van der Waals surface area contributed by atoms with Crippen LogP contribution in [0.25, 0.3) is 0 Å². The quantitative estimate of drug-likeness (QED) is 0.755. The van der Waals surface area contributed by atoms with Crippen molar-refractivity contribution < 1.29 is 9.53 Å². The van der Waals surface area contributed by atoms with E-state index in [1.807, 2.05) is 0 Å². The first-order valence-electron chi connectivity index (χ1n) is 7.74. The minimum atomic E-state index is -0.186. The number of hydrogen-bond donors (Lipinski definition) is 1. The highest BCUT2D eigenvalue weighted by atomic mass is 16.5. The lowest BCUT2D eigenvalue weighted by molar-refractivity contribution is 0.0951. The first kappa shape index (κ1) is 16.7. The molecule has 0 atom stereocenters. The normalized spacial score (nSPS) is 10.3. The van der Waals surface area contributed by atoms with Gasteiger partial charge in [0, 0.05) is 24.4 Å². The van der Waals surface area contributed by atoms with E-state index in [4.69, 9.17) is 4.74 Å². The molecule has 2 rings (SSSR count). The van der Waals surface area contributed by atoms with Crippen LogP contribution in [0.3, 0.4) is 0 Å². The summed E-state index contributed by atoms with van der Waals surface area (Å²) >= 11 is 0. The highest BCUT2D eigenvalue weighted by Crippen LogP contribution is 2.12. The van der Waals surface area contributed by atoms with Gasteiger partial charge >= 0.3 is 0 Å². The van der Waals surface area contributed by atoms with Gasteiger partial charge in [-0.3, -0.25) is 9.59 Å². The van der Waals surface area contributed by atoms with E-state index in [1.54, 1.807) is 36.5 Å². The summed E-state index contributed by atoms with van der Waals surface area (Å²) in [7, 11) is 0. The third-order valence-electron chi connectivity index (χ3n) is 3.28. The minimum absolute atomic E-state index is 0.185. The summed E-state index contributed by atoms with van der Waals surface area (Å²) < 4.78 is 6.87. The fourth-order valence-electron chi connectivity index (χ4n) is 1.97. The van der Waals surface area contributed by atoms with E-state index in [-0.39, 0.29) is 11.5 Å². The zero-order chi connectivity index (χ0) is 16.5. The number of nitrogens with one attached hydrogen (secondary N) is 1. The highest BCUT2D eigenvalue weighted by molar-refractivity contribution is 5.94. The first-order valence-corrected chi connectivity index (χ1v) is 7.74. The fraction of sp³-hybridized carbons (Fsp3) is 0.353. The zero-order valence-corrected chi connectivity index (χ0v) is 13.2. The second-order valence-corrected chi connectivity index (χ2v) is 5.07. The van der Waals surface area contributed by atoms with Crippen LogP contribution in [0.1, 0.15) is 30.1 Å². The number of ether oxygens (including phenoxy) is 1. The molecule has 0 unspecified atom stereocenters. The third-order valence-corrected chi connectivity index (χ3v) is 3.28. The molecule has 0 aliphatic heterocycles. The molecule has 0 bridgehead atoms. The Morgan fingerprint density at radius 2 is 2.04 bits per heavy atom. The summed E-state index contributed by atoms with van der Waals surface area (Å²) in [5.41, 5.74) is 0.372. The Balaban J connectivity index is 1.81. The van der Waals surface area contributed by atoms with Crippen molar-refractivity contribution in [1.82, 2.24) is 15.1 Å². The molecule has 23 heavy (non-hydrogen) atoms. The molecule has 1 N–H and O–H groups in total. The van der Waals surface area contributed by atoms with E-state index in [0.29, 0.717) is 25.3 Å². The van der Waals surface area contributed by atoms with Gasteiger partial charge in [-0.2, -0.15) is 5.10 Å². The molecule has 0 radical (unpaired) electrons. The predicted octanol–water partition coefficient (Wildman–Crippen LogP) is 1.85. The second kappa shape index (κ2) is 8.73. The van der Waals surface area contributed by atoms with Gasteiger partial charge < -0.3 is 10.1 Å². The van der Waals surface area contributed by atoms with Crippen LogP contribution in [0.15, 0.2) is 47.4 Å². The van der Waals surface area contributed by atoms with Gasteiger partial charge in [0.25, 0.3) is 11.5 Å². The van der Waals surface area contributed by atoms with Crippen molar-refractivity contribution in [3.8, 4) is 5.75 Å². The molecular formula is C17H21N3O3. The van der Waals surface area contributed by atoms with Gasteiger partial charge in [-0.15, -0.1) is 0 Å². The third kappa shape index (κ3) is 5.25. The van der Waals surface area contributed by atoms with Crippen molar-refractivity contribution in [2.45, 2.75) is 26.3 Å². The number of carbonyl (C=O) groups is 1. The highest BCUT2D eigenvalue weighted by Gasteiger charge is 2.05. The summed E-state index contributed by atoms with van der Waals surface area (Å²) in [6, 6.07) is 10.0. The first-order chi connectivity index (χ1) is 11.2. The van der Waals surface area contributed by atoms with E-state index in [1.165, 1.54) is 10.7 Å². The lowest BCUT2D eigenvalue weighted by Gasteiger charge is -2.08. The molecule has 122 valence electrons. The largest absolute Gasteiger partial charge is 0.494 e. The number of amides is 1. The van der Waals surface area contributed by atoms with Crippen molar-refractivity contribution in [1.29, 1.82) is 0 Å². The number of unbranched alkanes of at least 4 members (excludes halogenated alkanes) is 1. The molecule has 0 spiro atoms. The maximum atomic E-state index is 12.0. The van der Waals surface area contributed by atoms with Crippen LogP contribution in [0.5, 0.6) is 5.75 Å². The van der Waals surface area contributed by atoms with E-state index in [2.05, 4.69) is 17.3 Å². The average molecular weight is 315 g/mol. The molecule has 1 aromatic carbocycles. The van der Waals surface area contributed by atoms with E-state index < -0.39 is 0 Å². The fourth-order valence-corrected chi connectivity index (χ4v) is 1.97. The van der Waals surface area contributed by atoms with Gasteiger partial charge in [0.1, 0.15) is 5.75 Å². The van der Waals surface area contributed by atoms with Crippen molar-refractivity contribution in [3.63, 3.8) is 0 Å². The molecule has 1 amide bonds. The predicted molar refractivity (Wildman–Crippen MR) is 87.7 cm³/mol. The van der Waals surface area contributed by atoms with Crippen LogP contribution in [-0.2, 0) is 6.54 Å². The Hall–Kier alpha value is -2.63. The van der Waals surface area contributed by atoms with Crippen LogP contribution in [0, 0.1) is 0 Å². The number of benzene rings is 1. The Bertz CT molecular complexity index is 680. The van der Waals surface area contributed by atoms with Crippen LogP contribution >= 0.6 is 0 Å². The lowest BCUT2D eigenvalue weighted by Crippen LogP contribution is -2.31. The maximum Gasteiger partial charge on any atom is 0.266 e. The molecule has 2 aromatic rings. The van der Waals surface area contributed by atoms with Crippen LogP contribution < -0.4 is 15.6 Å². The molecule has 6 nitrogen and oxygen atoms in total. The van der Waals surface area contributed by atoms with E-state index in [9.17, 15) is 9.59 Å².